The van der Waals surface area contributed by atoms with Crippen LogP contribution in [0.5, 0.6) is 11.6 Å². The summed E-state index contributed by atoms with van der Waals surface area (Å²) in [5, 5.41) is 9.06. The van der Waals surface area contributed by atoms with Gasteiger partial charge in [0.25, 0.3) is 0 Å². The molecule has 1 aromatic carbocycles. The van der Waals surface area contributed by atoms with Crippen LogP contribution in [0.15, 0.2) is 30.3 Å². The first kappa shape index (κ1) is 13.3. The van der Waals surface area contributed by atoms with Crippen molar-refractivity contribution in [3.63, 3.8) is 0 Å². The lowest BCUT2D eigenvalue weighted by atomic mass is 10.2. The molecule has 6 heteroatoms. The molecule has 0 unspecified atom stereocenters. The molecule has 0 aliphatic carbocycles. The zero-order valence-electron chi connectivity index (χ0n) is 9.85. The van der Waals surface area contributed by atoms with Gasteiger partial charge >= 0.3 is 5.97 Å². The van der Waals surface area contributed by atoms with Gasteiger partial charge in [0.2, 0.25) is 5.88 Å². The second-order valence-corrected chi connectivity index (χ2v) is 4.17. The van der Waals surface area contributed by atoms with E-state index in [0.29, 0.717) is 5.56 Å². The Bertz CT molecular complexity index is 646. The van der Waals surface area contributed by atoms with Crippen LogP contribution < -0.4 is 4.74 Å². The number of carbonyl (C=O) groups is 1. The number of benzene rings is 1. The Kier molecular flexibility index (Phi) is 3.66. The molecule has 1 heterocycles. The lowest BCUT2D eigenvalue weighted by Gasteiger charge is -2.09. The number of aromatic carboxylic acids is 1. The molecule has 2 rings (SSSR count). The second-order valence-electron chi connectivity index (χ2n) is 3.78. The van der Waals surface area contributed by atoms with Gasteiger partial charge in [-0.3, -0.25) is 0 Å². The van der Waals surface area contributed by atoms with Gasteiger partial charge in [-0.1, -0.05) is 23.7 Å². The topological polar surface area (TPSA) is 59.4 Å². The summed E-state index contributed by atoms with van der Waals surface area (Å²) >= 11 is 5.68. The van der Waals surface area contributed by atoms with E-state index in [1.54, 1.807) is 19.1 Å². The van der Waals surface area contributed by atoms with Gasteiger partial charge in [0, 0.05) is 0 Å². The molecule has 0 atom stereocenters. The van der Waals surface area contributed by atoms with Gasteiger partial charge in [-0.05, 0) is 30.7 Å². The number of carboxylic acid groups (broad SMARTS) is 1. The van der Waals surface area contributed by atoms with E-state index in [0.717, 1.165) is 0 Å². The molecule has 0 fully saturated rings. The average Bonchev–Trinajstić information content (AvgIpc) is 2.35. The van der Waals surface area contributed by atoms with Crippen LogP contribution in [0.1, 0.15) is 15.9 Å². The highest BCUT2D eigenvalue weighted by molar-refractivity contribution is 6.29. The molecule has 0 aliphatic heterocycles. The molecule has 0 bridgehead atoms. The second kappa shape index (κ2) is 5.24. The summed E-state index contributed by atoms with van der Waals surface area (Å²) in [6.07, 6.45) is 0. The van der Waals surface area contributed by atoms with E-state index in [4.69, 9.17) is 21.4 Å². The Morgan fingerprint density at radius 1 is 1.37 bits per heavy atom. The molecule has 1 N–H and O–H groups in total. The third-order valence-corrected chi connectivity index (χ3v) is 2.63. The first-order valence-electron chi connectivity index (χ1n) is 5.32. The van der Waals surface area contributed by atoms with Crippen molar-refractivity contribution in [3.05, 3.63) is 52.4 Å². The number of nitrogens with zero attached hydrogens (tertiary/aromatic N) is 1. The predicted molar refractivity (Wildman–Crippen MR) is 67.4 cm³/mol. The summed E-state index contributed by atoms with van der Waals surface area (Å²) in [5.41, 5.74) is 0.196. The normalized spacial score (nSPS) is 10.3. The van der Waals surface area contributed by atoms with Gasteiger partial charge < -0.3 is 9.84 Å². The number of pyridine rings is 1. The van der Waals surface area contributed by atoms with E-state index in [2.05, 4.69) is 4.98 Å². The van der Waals surface area contributed by atoms with Crippen LogP contribution in [-0.4, -0.2) is 16.1 Å². The molecule has 0 saturated carbocycles. The van der Waals surface area contributed by atoms with Crippen molar-refractivity contribution in [1.29, 1.82) is 0 Å². The Balaban J connectivity index is 2.45. The maximum atomic E-state index is 13.8. The highest BCUT2D eigenvalue weighted by atomic mass is 35.5. The third kappa shape index (κ3) is 2.82. The number of aryl methyl sites for hydroxylation is 1. The minimum absolute atomic E-state index is 0.0630. The molecule has 0 radical (unpaired) electrons. The molecule has 0 saturated heterocycles. The Hall–Kier alpha value is -2.14. The van der Waals surface area contributed by atoms with Crippen molar-refractivity contribution in [2.75, 3.05) is 0 Å². The van der Waals surface area contributed by atoms with Crippen molar-refractivity contribution < 1.29 is 19.0 Å². The molecule has 4 nitrogen and oxygen atoms in total. The third-order valence-electron chi connectivity index (χ3n) is 2.42. The number of halogens is 2. The van der Waals surface area contributed by atoms with Gasteiger partial charge in [0.1, 0.15) is 10.7 Å². The summed E-state index contributed by atoms with van der Waals surface area (Å²) < 4.78 is 19.0. The van der Waals surface area contributed by atoms with Crippen LogP contribution in [0, 0.1) is 12.7 Å². The van der Waals surface area contributed by atoms with Crippen molar-refractivity contribution in [2.24, 2.45) is 0 Å². The fraction of sp³-hybridized carbons (Fsp3) is 0.0769. The van der Waals surface area contributed by atoms with Gasteiger partial charge in [-0.2, -0.15) is 0 Å². The Labute approximate surface area is 113 Å². The first-order chi connectivity index (χ1) is 8.99. The molecular formula is C13H9ClFNO3. The number of carboxylic acids is 1. The largest absolute Gasteiger partial charge is 0.477 e. The van der Waals surface area contributed by atoms with E-state index < -0.39 is 11.8 Å². The molecule has 0 spiro atoms. The van der Waals surface area contributed by atoms with Gasteiger partial charge in [0.15, 0.2) is 11.6 Å². The highest BCUT2D eigenvalue weighted by Crippen LogP contribution is 2.28. The maximum absolute atomic E-state index is 13.8. The van der Waals surface area contributed by atoms with Crippen molar-refractivity contribution in [3.8, 4) is 11.6 Å². The summed E-state index contributed by atoms with van der Waals surface area (Å²) in [7, 11) is 0. The van der Waals surface area contributed by atoms with E-state index in [1.807, 2.05) is 0 Å². The van der Waals surface area contributed by atoms with E-state index in [1.165, 1.54) is 18.2 Å². The smallest absolute Gasteiger partial charge is 0.341 e. The van der Waals surface area contributed by atoms with Crippen molar-refractivity contribution in [1.82, 2.24) is 4.98 Å². The Morgan fingerprint density at radius 2 is 2.11 bits per heavy atom. The number of hydrogen-bond donors (Lipinski definition) is 1. The van der Waals surface area contributed by atoms with Crippen LogP contribution in [-0.2, 0) is 0 Å². The maximum Gasteiger partial charge on any atom is 0.341 e. The molecule has 98 valence electrons. The van der Waals surface area contributed by atoms with E-state index in [-0.39, 0.29) is 22.3 Å². The van der Waals surface area contributed by atoms with Gasteiger partial charge in [-0.25, -0.2) is 14.2 Å². The average molecular weight is 282 g/mol. The zero-order valence-corrected chi connectivity index (χ0v) is 10.6. The fourth-order valence-electron chi connectivity index (χ4n) is 1.46. The minimum atomic E-state index is -1.23. The molecule has 1 aromatic heterocycles. The summed E-state index contributed by atoms with van der Waals surface area (Å²) in [6, 6.07) is 7.13. The zero-order chi connectivity index (χ0) is 14.0. The summed E-state index contributed by atoms with van der Waals surface area (Å²) in [4.78, 5) is 14.8. The van der Waals surface area contributed by atoms with Gasteiger partial charge in [-0.15, -0.1) is 0 Å². The summed E-state index contributed by atoms with van der Waals surface area (Å²) in [5.74, 6) is -2.14. The monoisotopic (exact) mass is 281 g/mol. The van der Waals surface area contributed by atoms with Crippen molar-refractivity contribution >= 4 is 17.6 Å². The van der Waals surface area contributed by atoms with Crippen molar-refractivity contribution in [2.45, 2.75) is 6.92 Å². The summed E-state index contributed by atoms with van der Waals surface area (Å²) in [6.45, 7) is 1.58. The quantitative estimate of drug-likeness (QED) is 0.872. The molecular weight excluding hydrogens is 273 g/mol. The van der Waals surface area contributed by atoms with Crippen LogP contribution in [0.3, 0.4) is 0 Å². The Morgan fingerprint density at radius 3 is 2.79 bits per heavy atom. The fourth-order valence-corrected chi connectivity index (χ4v) is 1.60. The van der Waals surface area contributed by atoms with Crippen LogP contribution in [0.4, 0.5) is 4.39 Å². The number of hydrogen-bond acceptors (Lipinski definition) is 3. The number of rotatable bonds is 3. The van der Waals surface area contributed by atoms with Crippen LogP contribution in [0.25, 0.3) is 0 Å². The van der Waals surface area contributed by atoms with E-state index >= 15 is 0 Å². The SMILES string of the molecule is Cc1cccc(Oc2nc(Cl)ccc2C(=O)O)c1F. The lowest BCUT2D eigenvalue weighted by Crippen LogP contribution is -2.03. The standard InChI is InChI=1S/C13H9ClFNO3/c1-7-3-2-4-9(11(7)15)19-12-8(13(17)18)5-6-10(14)16-12/h2-6H,1H3,(H,17,18). The van der Waals surface area contributed by atoms with Crippen LogP contribution in [0.2, 0.25) is 5.15 Å². The molecule has 19 heavy (non-hydrogen) atoms. The predicted octanol–water partition coefficient (Wildman–Crippen LogP) is 3.67. The molecule has 0 amide bonds. The van der Waals surface area contributed by atoms with E-state index in [9.17, 15) is 9.18 Å². The highest BCUT2D eigenvalue weighted by Gasteiger charge is 2.16. The first-order valence-corrected chi connectivity index (χ1v) is 5.69. The minimum Gasteiger partial charge on any atom is -0.477 e. The molecule has 2 aromatic rings. The molecule has 0 aliphatic rings. The van der Waals surface area contributed by atoms with Crippen LogP contribution >= 0.6 is 11.6 Å². The number of aromatic nitrogens is 1. The van der Waals surface area contributed by atoms with Gasteiger partial charge in [0.05, 0.1) is 0 Å². The number of ether oxygens (including phenoxy) is 1. The lowest BCUT2D eigenvalue weighted by molar-refractivity contribution is 0.0693.